The Hall–Kier alpha value is -6.48. The molecule has 0 amide bonds. The Bertz CT molecular complexity index is 3070. The Labute approximate surface area is 357 Å². The van der Waals surface area contributed by atoms with Crippen LogP contribution in [0.2, 0.25) is 0 Å². The highest BCUT2D eigenvalue weighted by molar-refractivity contribution is 7.20. The molecular formula is C58H45NS. The van der Waals surface area contributed by atoms with Gasteiger partial charge in [0, 0.05) is 37.6 Å². The first-order valence-corrected chi connectivity index (χ1v) is 22.3. The van der Waals surface area contributed by atoms with Crippen LogP contribution in [0.25, 0.3) is 44.0 Å². The zero-order chi connectivity index (χ0) is 40.0. The van der Waals surface area contributed by atoms with Crippen LogP contribution in [-0.2, 0) is 17.3 Å². The molecule has 288 valence electrons. The van der Waals surface area contributed by atoms with Gasteiger partial charge in [-0.05, 0) is 134 Å². The second-order valence-electron chi connectivity index (χ2n) is 17.4. The van der Waals surface area contributed by atoms with Crippen molar-refractivity contribution in [3.05, 3.63) is 237 Å². The van der Waals surface area contributed by atoms with Crippen LogP contribution in [-0.4, -0.2) is 0 Å². The van der Waals surface area contributed by atoms with Gasteiger partial charge in [0.2, 0.25) is 0 Å². The third-order valence-electron chi connectivity index (χ3n) is 14.0. The number of anilines is 2. The molecule has 0 saturated carbocycles. The van der Waals surface area contributed by atoms with Crippen LogP contribution in [0.3, 0.4) is 0 Å². The molecule has 0 radical (unpaired) electrons. The Kier molecular flexibility index (Phi) is 7.99. The van der Waals surface area contributed by atoms with Gasteiger partial charge in [-0.1, -0.05) is 166 Å². The number of aryl methyl sites for hydroxylation is 1. The van der Waals surface area contributed by atoms with Crippen molar-refractivity contribution < 1.29 is 0 Å². The molecule has 1 heterocycles. The summed E-state index contributed by atoms with van der Waals surface area (Å²) in [5.41, 5.74) is 20.8. The van der Waals surface area contributed by atoms with E-state index in [2.05, 4.69) is 207 Å². The van der Waals surface area contributed by atoms with Crippen molar-refractivity contribution in [1.29, 1.82) is 0 Å². The predicted molar refractivity (Wildman–Crippen MR) is 254 cm³/mol. The molecule has 0 aliphatic heterocycles. The van der Waals surface area contributed by atoms with E-state index >= 15 is 0 Å². The first-order valence-electron chi connectivity index (χ1n) is 21.5. The normalized spacial score (nSPS) is 16.3. The van der Waals surface area contributed by atoms with Crippen LogP contribution in [0.4, 0.5) is 11.4 Å². The minimum Gasteiger partial charge on any atom is -0.314 e. The highest BCUT2D eigenvalue weighted by atomic mass is 32.1. The molecule has 0 unspecified atom stereocenters. The van der Waals surface area contributed by atoms with Gasteiger partial charge in [0.05, 0.1) is 5.41 Å². The fraction of sp³-hybridized carbons (Fsp3) is 0.138. The zero-order valence-electron chi connectivity index (χ0n) is 34.1. The molecular weight excluding hydrogens is 743 g/mol. The lowest BCUT2D eigenvalue weighted by Crippen LogP contribution is -2.29. The zero-order valence-corrected chi connectivity index (χ0v) is 34.9. The smallest absolute Gasteiger partial charge is 0.0714 e. The van der Waals surface area contributed by atoms with Gasteiger partial charge in [0.1, 0.15) is 0 Å². The number of nitrogens with zero attached hydrogens (tertiary/aromatic N) is 1. The molecule has 0 bridgehead atoms. The Morgan fingerprint density at radius 2 is 1.18 bits per heavy atom. The first kappa shape index (κ1) is 35.5. The number of thiophene rings is 1. The Balaban J connectivity index is 1.08. The van der Waals surface area contributed by atoms with Crippen LogP contribution in [0.5, 0.6) is 0 Å². The van der Waals surface area contributed by atoms with E-state index in [1.165, 1.54) is 104 Å². The number of fused-ring (bicyclic) bond motifs is 10. The van der Waals surface area contributed by atoms with Gasteiger partial charge in [0.25, 0.3) is 0 Å². The molecule has 0 fully saturated rings. The van der Waals surface area contributed by atoms with Crippen molar-refractivity contribution in [3.8, 4) is 22.3 Å². The highest BCUT2D eigenvalue weighted by Gasteiger charge is 2.46. The number of hydrogen-bond donors (Lipinski definition) is 0. The fourth-order valence-corrected chi connectivity index (χ4v) is 12.5. The van der Waals surface area contributed by atoms with E-state index in [9.17, 15) is 0 Å². The van der Waals surface area contributed by atoms with Gasteiger partial charge in [0.15, 0.2) is 0 Å². The summed E-state index contributed by atoms with van der Waals surface area (Å²) in [6.45, 7) is 4.86. The molecule has 0 spiro atoms. The lowest BCUT2D eigenvalue weighted by Gasteiger charge is -2.35. The summed E-state index contributed by atoms with van der Waals surface area (Å²) >= 11 is 1.99. The molecule has 2 heteroatoms. The van der Waals surface area contributed by atoms with Gasteiger partial charge in [-0.2, -0.15) is 0 Å². The maximum Gasteiger partial charge on any atom is 0.0714 e. The minimum absolute atomic E-state index is 0.141. The van der Waals surface area contributed by atoms with Crippen LogP contribution in [0.15, 0.2) is 188 Å². The summed E-state index contributed by atoms with van der Waals surface area (Å²) in [7, 11) is 0. The maximum absolute atomic E-state index is 2.58. The highest BCUT2D eigenvalue weighted by Crippen LogP contribution is 2.58. The quantitative estimate of drug-likeness (QED) is 0.162. The van der Waals surface area contributed by atoms with Gasteiger partial charge in [-0.3, -0.25) is 0 Å². The third-order valence-corrected chi connectivity index (χ3v) is 15.2. The van der Waals surface area contributed by atoms with E-state index in [0.29, 0.717) is 0 Å². The van der Waals surface area contributed by atoms with E-state index in [1.54, 1.807) is 0 Å². The van der Waals surface area contributed by atoms with Crippen LogP contribution < -0.4 is 4.90 Å². The number of rotatable bonds is 6. The van der Waals surface area contributed by atoms with E-state index in [-0.39, 0.29) is 5.41 Å². The third kappa shape index (κ3) is 5.10. The van der Waals surface area contributed by atoms with Crippen molar-refractivity contribution in [3.63, 3.8) is 0 Å². The summed E-state index contributed by atoms with van der Waals surface area (Å²) in [4.78, 5) is 4.01. The molecule has 12 rings (SSSR count). The number of allylic oxidation sites excluding steroid dienone is 5. The summed E-state index contributed by atoms with van der Waals surface area (Å²) < 4.78 is 1.45. The molecule has 0 N–H and O–H groups in total. The molecule has 4 aliphatic rings. The van der Waals surface area contributed by atoms with Crippen LogP contribution in [0, 0.1) is 0 Å². The predicted octanol–water partition coefficient (Wildman–Crippen LogP) is 15.4. The molecule has 0 saturated heterocycles. The lowest BCUT2D eigenvalue weighted by atomic mass is 9.67. The standard InChI is InChI=1S/C58H45NS/c1-57(2)51-35-34-48-47-23-13-15-25-54(47)60-56(48)55(51)49-33-31-43(36-52(49)57)59(42-28-26-39(27-29-42)38-16-6-3-7-17-38)44-30-32-46-45-22-12-14-24-50(45)58(53(46)37-44,40-18-8-4-9-19-40)41-20-10-5-11-21-41/h3-12,14-22,24-26,28,30-37H,13,23,27,29H2,1-2H3. The second-order valence-corrected chi connectivity index (χ2v) is 18.5. The minimum atomic E-state index is -0.473. The average molecular weight is 788 g/mol. The topological polar surface area (TPSA) is 3.24 Å². The van der Waals surface area contributed by atoms with Crippen LogP contribution >= 0.6 is 11.3 Å². The molecule has 1 nitrogen and oxygen atoms in total. The van der Waals surface area contributed by atoms with Crippen molar-refractivity contribution >= 4 is 44.4 Å². The van der Waals surface area contributed by atoms with Gasteiger partial charge in [-0.15, -0.1) is 11.3 Å². The van der Waals surface area contributed by atoms with Gasteiger partial charge < -0.3 is 4.90 Å². The molecule has 1 aromatic heterocycles. The molecule has 4 aliphatic carbocycles. The second kappa shape index (κ2) is 13.5. The van der Waals surface area contributed by atoms with Crippen molar-refractivity contribution in [2.45, 2.75) is 50.4 Å². The van der Waals surface area contributed by atoms with Gasteiger partial charge >= 0.3 is 0 Å². The fourth-order valence-electron chi connectivity index (χ4n) is 11.1. The van der Waals surface area contributed by atoms with Crippen molar-refractivity contribution in [2.75, 3.05) is 4.90 Å². The van der Waals surface area contributed by atoms with E-state index < -0.39 is 5.41 Å². The number of hydrogen-bond acceptors (Lipinski definition) is 2. The van der Waals surface area contributed by atoms with E-state index in [1.807, 2.05) is 11.3 Å². The maximum atomic E-state index is 2.58. The summed E-state index contributed by atoms with van der Waals surface area (Å²) in [5.74, 6) is 0. The molecule has 7 aromatic carbocycles. The van der Waals surface area contributed by atoms with Crippen LogP contribution in [0.1, 0.15) is 82.5 Å². The van der Waals surface area contributed by atoms with E-state index in [4.69, 9.17) is 0 Å². The van der Waals surface area contributed by atoms with Crippen molar-refractivity contribution in [1.82, 2.24) is 0 Å². The number of benzene rings is 7. The van der Waals surface area contributed by atoms with E-state index in [0.717, 1.165) is 25.7 Å². The summed E-state index contributed by atoms with van der Waals surface area (Å²) in [6, 6.07) is 61.8. The monoisotopic (exact) mass is 787 g/mol. The summed E-state index contributed by atoms with van der Waals surface area (Å²) in [6.07, 6.45) is 13.6. The molecule has 60 heavy (non-hydrogen) atoms. The molecule has 0 atom stereocenters. The SMILES string of the molecule is CC1(C)c2cc(N(C3=CC=C(c4ccccc4)CC3)c3ccc4c(c3)C(c3ccccc3)(c3ccccc3)c3ccccc3-4)ccc2-c2c1ccc1c3c(sc21)C=CCC3. The van der Waals surface area contributed by atoms with Crippen molar-refractivity contribution in [2.24, 2.45) is 0 Å². The Morgan fingerprint density at radius 1 is 0.533 bits per heavy atom. The molecule has 8 aromatic rings. The average Bonchev–Trinajstić information content (AvgIpc) is 3.91. The Morgan fingerprint density at radius 3 is 1.90 bits per heavy atom. The summed E-state index contributed by atoms with van der Waals surface area (Å²) in [5, 5.41) is 1.44. The lowest BCUT2D eigenvalue weighted by molar-refractivity contribution is 0.661. The largest absolute Gasteiger partial charge is 0.314 e. The first-order chi connectivity index (χ1) is 29.5. The van der Waals surface area contributed by atoms with Gasteiger partial charge in [-0.25, -0.2) is 0 Å².